The van der Waals surface area contributed by atoms with Crippen molar-refractivity contribution in [2.24, 2.45) is 5.41 Å². The van der Waals surface area contributed by atoms with E-state index in [1.54, 1.807) is 4.90 Å². The van der Waals surface area contributed by atoms with Crippen molar-refractivity contribution >= 4 is 12.1 Å². The Kier molecular flexibility index (Phi) is 5.50. The Balaban J connectivity index is 1.42. The van der Waals surface area contributed by atoms with Crippen LogP contribution >= 0.6 is 0 Å². The molecule has 2 aromatic rings. The van der Waals surface area contributed by atoms with Gasteiger partial charge in [-0.2, -0.15) is 0 Å². The number of rotatable bonds is 4. The highest BCUT2D eigenvalue weighted by molar-refractivity contribution is 5.79. The van der Waals surface area contributed by atoms with Crippen molar-refractivity contribution in [2.45, 2.75) is 25.2 Å². The number of terminal acetylenes is 1. The van der Waals surface area contributed by atoms with Gasteiger partial charge in [-0.15, -0.1) is 12.3 Å². The lowest BCUT2D eigenvalue weighted by molar-refractivity contribution is -0.155. The zero-order valence-electron chi connectivity index (χ0n) is 17.1. The van der Waals surface area contributed by atoms with Crippen LogP contribution in [0.15, 0.2) is 48.5 Å². The Hall–Kier alpha value is -3.26. The second-order valence-electron chi connectivity index (χ2n) is 7.94. The van der Waals surface area contributed by atoms with Gasteiger partial charge in [0.05, 0.1) is 12.5 Å². The van der Waals surface area contributed by atoms with E-state index in [1.807, 2.05) is 24.3 Å². The van der Waals surface area contributed by atoms with Crippen molar-refractivity contribution in [3.05, 3.63) is 59.7 Å². The maximum absolute atomic E-state index is 12.7. The number of hydrogen-bond acceptors (Lipinski definition) is 4. The number of carbonyl (C=O) groups excluding carboxylic acids is 2. The number of methoxy groups -OCH3 is 1. The van der Waals surface area contributed by atoms with Crippen LogP contribution < -0.4 is 0 Å². The predicted molar refractivity (Wildman–Crippen MR) is 114 cm³/mol. The number of ether oxygens (including phenoxy) is 2. The molecule has 2 aromatic carbocycles. The fourth-order valence-corrected chi connectivity index (χ4v) is 4.67. The van der Waals surface area contributed by atoms with E-state index in [0.29, 0.717) is 32.4 Å². The van der Waals surface area contributed by atoms with Crippen LogP contribution in [-0.4, -0.2) is 43.8 Å². The van der Waals surface area contributed by atoms with Crippen LogP contribution in [0.3, 0.4) is 0 Å². The van der Waals surface area contributed by atoms with E-state index in [-0.39, 0.29) is 24.6 Å². The molecular formula is C25H25NO4. The highest BCUT2D eigenvalue weighted by Crippen LogP contribution is 2.44. The van der Waals surface area contributed by atoms with Crippen LogP contribution in [0.1, 0.15) is 36.3 Å². The first-order valence-corrected chi connectivity index (χ1v) is 10.2. The van der Waals surface area contributed by atoms with Crippen molar-refractivity contribution < 1.29 is 19.1 Å². The Morgan fingerprint density at radius 3 is 2.17 bits per heavy atom. The monoisotopic (exact) mass is 403 g/mol. The van der Waals surface area contributed by atoms with E-state index in [2.05, 4.69) is 30.2 Å². The van der Waals surface area contributed by atoms with Gasteiger partial charge in [0.2, 0.25) is 0 Å². The van der Waals surface area contributed by atoms with E-state index in [9.17, 15) is 9.59 Å². The van der Waals surface area contributed by atoms with E-state index in [0.717, 1.165) is 0 Å². The molecule has 1 saturated heterocycles. The quantitative estimate of drug-likeness (QED) is 0.567. The van der Waals surface area contributed by atoms with Crippen LogP contribution in [0, 0.1) is 17.8 Å². The number of benzene rings is 2. The van der Waals surface area contributed by atoms with Gasteiger partial charge in [0.15, 0.2) is 0 Å². The molecule has 0 atom stereocenters. The normalized spacial score (nSPS) is 16.9. The Labute approximate surface area is 177 Å². The maximum Gasteiger partial charge on any atom is 0.409 e. The molecule has 2 aliphatic rings. The minimum absolute atomic E-state index is 0.0294. The number of hydrogen-bond donors (Lipinski definition) is 0. The fourth-order valence-electron chi connectivity index (χ4n) is 4.67. The molecule has 1 aliphatic carbocycles. The molecule has 5 nitrogen and oxygen atoms in total. The molecule has 1 heterocycles. The molecule has 0 spiro atoms. The highest BCUT2D eigenvalue weighted by atomic mass is 16.6. The van der Waals surface area contributed by atoms with Crippen LogP contribution in [0.25, 0.3) is 11.1 Å². The van der Waals surface area contributed by atoms with Gasteiger partial charge in [0, 0.05) is 25.4 Å². The number of fused-ring (bicyclic) bond motifs is 3. The average Bonchev–Trinajstić information content (AvgIpc) is 3.11. The fraction of sp³-hybridized carbons (Fsp3) is 0.360. The van der Waals surface area contributed by atoms with Crippen molar-refractivity contribution in [2.75, 3.05) is 26.8 Å². The molecule has 1 amide bonds. The first-order valence-electron chi connectivity index (χ1n) is 10.2. The van der Waals surface area contributed by atoms with Crippen molar-refractivity contribution in [1.29, 1.82) is 0 Å². The van der Waals surface area contributed by atoms with Gasteiger partial charge < -0.3 is 14.4 Å². The number of amides is 1. The summed E-state index contributed by atoms with van der Waals surface area (Å²) in [4.78, 5) is 26.6. The second kappa shape index (κ2) is 8.23. The number of piperidine rings is 1. The SMILES string of the molecule is C#CCC1(C(=O)OC)CCN(C(=O)OCC2c3ccccc3-c3ccccc32)CC1. The summed E-state index contributed by atoms with van der Waals surface area (Å²) in [6.07, 6.45) is 6.39. The summed E-state index contributed by atoms with van der Waals surface area (Å²) in [5, 5.41) is 0. The number of nitrogens with zero attached hydrogens (tertiary/aromatic N) is 1. The molecule has 0 unspecified atom stereocenters. The van der Waals surface area contributed by atoms with Gasteiger partial charge in [-0.25, -0.2) is 4.79 Å². The highest BCUT2D eigenvalue weighted by Gasteiger charge is 2.43. The minimum atomic E-state index is -0.705. The van der Waals surface area contributed by atoms with Gasteiger partial charge in [-0.1, -0.05) is 48.5 Å². The summed E-state index contributed by atoms with van der Waals surface area (Å²) in [6, 6.07) is 16.5. The second-order valence-corrected chi connectivity index (χ2v) is 7.94. The molecule has 1 aliphatic heterocycles. The van der Waals surface area contributed by atoms with Crippen molar-refractivity contribution in [3.63, 3.8) is 0 Å². The maximum atomic E-state index is 12.7. The van der Waals surface area contributed by atoms with E-state index < -0.39 is 5.41 Å². The number of esters is 1. The predicted octanol–water partition coefficient (Wildman–Crippen LogP) is 4.21. The molecular weight excluding hydrogens is 378 g/mol. The average molecular weight is 403 g/mol. The Bertz CT molecular complexity index is 953. The first kappa shape index (κ1) is 20.0. The standard InChI is InChI=1S/C25H25NO4/c1-3-12-25(23(27)29-2)13-15-26(16-14-25)24(28)30-17-22-20-10-6-4-8-18(20)19-9-5-7-11-21(19)22/h1,4-11,22H,12-17H2,2H3. The zero-order valence-corrected chi connectivity index (χ0v) is 17.1. The van der Waals surface area contributed by atoms with Gasteiger partial charge in [0.1, 0.15) is 6.61 Å². The summed E-state index contributed by atoms with van der Waals surface area (Å²) in [5.41, 5.74) is 4.06. The largest absolute Gasteiger partial charge is 0.469 e. The lowest BCUT2D eigenvalue weighted by atomic mass is 9.76. The summed E-state index contributed by atoms with van der Waals surface area (Å²) in [6.45, 7) is 1.14. The summed E-state index contributed by atoms with van der Waals surface area (Å²) in [7, 11) is 1.37. The lowest BCUT2D eigenvalue weighted by Crippen LogP contribution is -2.47. The van der Waals surface area contributed by atoms with Gasteiger partial charge in [-0.05, 0) is 35.1 Å². The number of likely N-dealkylation sites (tertiary alicyclic amines) is 1. The van der Waals surface area contributed by atoms with Crippen LogP contribution in [-0.2, 0) is 14.3 Å². The Morgan fingerprint density at radius 1 is 1.07 bits per heavy atom. The van der Waals surface area contributed by atoms with Crippen LogP contribution in [0.2, 0.25) is 0 Å². The zero-order chi connectivity index (χ0) is 21.1. The summed E-state index contributed by atoms with van der Waals surface area (Å²) < 4.78 is 10.7. The molecule has 0 saturated carbocycles. The minimum Gasteiger partial charge on any atom is -0.469 e. The molecule has 0 radical (unpaired) electrons. The summed E-state index contributed by atoms with van der Waals surface area (Å²) >= 11 is 0. The van der Waals surface area contributed by atoms with Crippen LogP contribution in [0.5, 0.6) is 0 Å². The van der Waals surface area contributed by atoms with E-state index >= 15 is 0 Å². The van der Waals surface area contributed by atoms with Crippen molar-refractivity contribution in [1.82, 2.24) is 4.90 Å². The smallest absolute Gasteiger partial charge is 0.409 e. The molecule has 154 valence electrons. The van der Waals surface area contributed by atoms with Crippen LogP contribution in [0.4, 0.5) is 4.79 Å². The third-order valence-electron chi connectivity index (χ3n) is 6.37. The molecule has 5 heteroatoms. The van der Waals surface area contributed by atoms with E-state index in [1.165, 1.54) is 29.4 Å². The lowest BCUT2D eigenvalue weighted by Gasteiger charge is -2.38. The molecule has 0 N–H and O–H groups in total. The third kappa shape index (κ3) is 3.43. The third-order valence-corrected chi connectivity index (χ3v) is 6.37. The molecule has 4 rings (SSSR count). The Morgan fingerprint density at radius 2 is 1.63 bits per heavy atom. The van der Waals surface area contributed by atoms with Crippen molar-refractivity contribution in [3.8, 4) is 23.5 Å². The summed E-state index contributed by atoms with van der Waals surface area (Å²) in [5.74, 6) is 2.31. The van der Waals surface area contributed by atoms with E-state index in [4.69, 9.17) is 15.9 Å². The molecule has 30 heavy (non-hydrogen) atoms. The topological polar surface area (TPSA) is 55.8 Å². The van der Waals surface area contributed by atoms with Gasteiger partial charge >= 0.3 is 12.1 Å². The number of carbonyl (C=O) groups is 2. The molecule has 0 aromatic heterocycles. The molecule has 0 bridgehead atoms. The first-order chi connectivity index (χ1) is 14.6. The molecule has 1 fully saturated rings. The van der Waals surface area contributed by atoms with Gasteiger partial charge in [-0.3, -0.25) is 4.79 Å². The van der Waals surface area contributed by atoms with Gasteiger partial charge in [0.25, 0.3) is 0 Å².